The van der Waals surface area contributed by atoms with E-state index in [0.29, 0.717) is 0 Å². The van der Waals surface area contributed by atoms with E-state index in [2.05, 4.69) is 9.72 Å². The Morgan fingerprint density at radius 1 is 1.22 bits per heavy atom. The zero-order chi connectivity index (χ0) is 13.1. The second-order valence-corrected chi connectivity index (χ2v) is 4.20. The molecule has 4 heteroatoms. The maximum absolute atomic E-state index is 11.4. The van der Waals surface area contributed by atoms with E-state index in [0.717, 1.165) is 16.8 Å². The van der Waals surface area contributed by atoms with E-state index in [1.54, 1.807) is 12.1 Å². The van der Waals surface area contributed by atoms with Gasteiger partial charge in [-0.05, 0) is 24.6 Å². The average molecular weight is 262 g/mol. The number of benzene rings is 1. The number of esters is 1. The van der Waals surface area contributed by atoms with E-state index in [1.165, 1.54) is 7.11 Å². The van der Waals surface area contributed by atoms with Crippen molar-refractivity contribution in [3.05, 3.63) is 52.7 Å². The van der Waals surface area contributed by atoms with Crippen LogP contribution < -0.4 is 0 Å². The number of nitrogens with zero attached hydrogens (tertiary/aromatic N) is 1. The molecule has 0 aliphatic rings. The van der Waals surface area contributed by atoms with Crippen molar-refractivity contribution in [3.8, 4) is 11.3 Å². The van der Waals surface area contributed by atoms with Crippen LogP contribution in [0.15, 0.2) is 36.4 Å². The third kappa shape index (κ3) is 2.36. The quantitative estimate of drug-likeness (QED) is 0.614. The molecule has 3 nitrogen and oxygen atoms in total. The SMILES string of the molecule is COC(=O)c1ccc(-c2ccccc2C)nc1Cl. The van der Waals surface area contributed by atoms with Gasteiger partial charge in [0.05, 0.1) is 18.4 Å². The van der Waals surface area contributed by atoms with Gasteiger partial charge < -0.3 is 4.74 Å². The summed E-state index contributed by atoms with van der Waals surface area (Å²) in [4.78, 5) is 15.6. The molecule has 92 valence electrons. The normalized spacial score (nSPS) is 10.2. The van der Waals surface area contributed by atoms with Crippen molar-refractivity contribution in [3.63, 3.8) is 0 Å². The predicted molar refractivity (Wildman–Crippen MR) is 70.8 cm³/mol. The lowest BCUT2D eigenvalue weighted by Crippen LogP contribution is -2.03. The highest BCUT2D eigenvalue weighted by Gasteiger charge is 2.13. The van der Waals surface area contributed by atoms with Crippen LogP contribution in [-0.4, -0.2) is 18.1 Å². The van der Waals surface area contributed by atoms with Crippen LogP contribution in [0.1, 0.15) is 15.9 Å². The summed E-state index contributed by atoms with van der Waals surface area (Å²) in [6.45, 7) is 2.00. The third-order valence-electron chi connectivity index (χ3n) is 2.68. The Bertz CT molecular complexity index is 596. The fraction of sp³-hybridized carbons (Fsp3) is 0.143. The number of methoxy groups -OCH3 is 1. The van der Waals surface area contributed by atoms with Crippen LogP contribution in [-0.2, 0) is 4.74 Å². The van der Waals surface area contributed by atoms with Gasteiger partial charge in [0, 0.05) is 5.56 Å². The summed E-state index contributed by atoms with van der Waals surface area (Å²) >= 11 is 5.99. The highest BCUT2D eigenvalue weighted by Crippen LogP contribution is 2.24. The summed E-state index contributed by atoms with van der Waals surface area (Å²) in [6.07, 6.45) is 0. The first-order valence-electron chi connectivity index (χ1n) is 5.44. The third-order valence-corrected chi connectivity index (χ3v) is 2.96. The molecule has 0 amide bonds. The van der Waals surface area contributed by atoms with E-state index in [4.69, 9.17) is 11.6 Å². The van der Waals surface area contributed by atoms with Gasteiger partial charge in [0.1, 0.15) is 5.15 Å². The standard InChI is InChI=1S/C14H12ClNO2/c1-9-5-3-4-6-10(9)12-8-7-11(13(15)16-12)14(17)18-2/h3-8H,1-2H3. The van der Waals surface area contributed by atoms with Crippen LogP contribution in [0.4, 0.5) is 0 Å². The topological polar surface area (TPSA) is 39.2 Å². The molecule has 0 bridgehead atoms. The number of hydrogen-bond donors (Lipinski definition) is 0. The Balaban J connectivity index is 2.47. The number of hydrogen-bond acceptors (Lipinski definition) is 3. The highest BCUT2D eigenvalue weighted by molar-refractivity contribution is 6.32. The molecular weight excluding hydrogens is 250 g/mol. The molecule has 0 spiro atoms. The molecule has 1 heterocycles. The highest BCUT2D eigenvalue weighted by atomic mass is 35.5. The van der Waals surface area contributed by atoms with Crippen LogP contribution in [0.25, 0.3) is 11.3 Å². The van der Waals surface area contributed by atoms with Crippen LogP contribution in [0.5, 0.6) is 0 Å². The van der Waals surface area contributed by atoms with Crippen molar-refractivity contribution in [1.29, 1.82) is 0 Å². The number of aryl methyl sites for hydroxylation is 1. The van der Waals surface area contributed by atoms with Crippen LogP contribution in [0, 0.1) is 6.92 Å². The van der Waals surface area contributed by atoms with Crippen LogP contribution in [0.3, 0.4) is 0 Å². The molecule has 0 N–H and O–H groups in total. The minimum Gasteiger partial charge on any atom is -0.465 e. The van der Waals surface area contributed by atoms with E-state index in [1.807, 2.05) is 31.2 Å². The van der Waals surface area contributed by atoms with Crippen molar-refractivity contribution < 1.29 is 9.53 Å². The second-order valence-electron chi connectivity index (χ2n) is 3.84. The van der Waals surface area contributed by atoms with Crippen molar-refractivity contribution in [2.24, 2.45) is 0 Å². The molecule has 1 aromatic heterocycles. The summed E-state index contributed by atoms with van der Waals surface area (Å²) in [5, 5.41) is 0.155. The predicted octanol–water partition coefficient (Wildman–Crippen LogP) is 3.50. The van der Waals surface area contributed by atoms with Crippen LogP contribution in [0.2, 0.25) is 5.15 Å². The summed E-state index contributed by atoms with van der Waals surface area (Å²) in [6, 6.07) is 11.3. The molecular formula is C14H12ClNO2. The zero-order valence-corrected chi connectivity index (χ0v) is 10.9. The molecule has 2 rings (SSSR count). The molecule has 0 aliphatic heterocycles. The minimum absolute atomic E-state index is 0.155. The Morgan fingerprint density at radius 3 is 2.56 bits per heavy atom. The van der Waals surface area contributed by atoms with E-state index >= 15 is 0 Å². The van der Waals surface area contributed by atoms with Crippen molar-refractivity contribution in [2.45, 2.75) is 6.92 Å². The van der Waals surface area contributed by atoms with Crippen molar-refractivity contribution >= 4 is 17.6 Å². The summed E-state index contributed by atoms with van der Waals surface area (Å²) in [5.74, 6) is -0.483. The maximum Gasteiger partial charge on any atom is 0.341 e. The molecule has 0 unspecified atom stereocenters. The van der Waals surface area contributed by atoms with Gasteiger partial charge in [0.15, 0.2) is 0 Å². The average Bonchev–Trinajstić information content (AvgIpc) is 2.38. The molecule has 0 aliphatic carbocycles. The molecule has 0 saturated carbocycles. The number of carbonyl (C=O) groups is 1. The first-order chi connectivity index (χ1) is 8.63. The Morgan fingerprint density at radius 2 is 1.94 bits per heavy atom. The first-order valence-corrected chi connectivity index (χ1v) is 5.82. The Kier molecular flexibility index (Phi) is 3.63. The van der Waals surface area contributed by atoms with Gasteiger partial charge in [-0.2, -0.15) is 0 Å². The largest absolute Gasteiger partial charge is 0.465 e. The molecule has 18 heavy (non-hydrogen) atoms. The van der Waals surface area contributed by atoms with Crippen molar-refractivity contribution in [2.75, 3.05) is 7.11 Å². The van der Waals surface area contributed by atoms with E-state index < -0.39 is 5.97 Å². The van der Waals surface area contributed by atoms with E-state index in [-0.39, 0.29) is 10.7 Å². The molecule has 2 aromatic rings. The molecule has 0 saturated heterocycles. The molecule has 0 atom stereocenters. The summed E-state index contributed by atoms with van der Waals surface area (Å²) in [5.41, 5.74) is 3.12. The fourth-order valence-electron chi connectivity index (χ4n) is 1.71. The van der Waals surface area contributed by atoms with Gasteiger partial charge >= 0.3 is 5.97 Å². The van der Waals surface area contributed by atoms with Crippen LogP contribution >= 0.6 is 11.6 Å². The first kappa shape index (κ1) is 12.6. The lowest BCUT2D eigenvalue weighted by molar-refractivity contribution is 0.0600. The van der Waals surface area contributed by atoms with Gasteiger partial charge in [0.2, 0.25) is 0 Å². The smallest absolute Gasteiger partial charge is 0.341 e. The number of carbonyl (C=O) groups excluding carboxylic acids is 1. The van der Waals surface area contributed by atoms with Gasteiger partial charge in [0.25, 0.3) is 0 Å². The van der Waals surface area contributed by atoms with Gasteiger partial charge in [-0.1, -0.05) is 35.9 Å². The molecule has 0 fully saturated rings. The lowest BCUT2D eigenvalue weighted by atomic mass is 10.0. The van der Waals surface area contributed by atoms with Gasteiger partial charge in [-0.3, -0.25) is 0 Å². The zero-order valence-electron chi connectivity index (χ0n) is 10.1. The van der Waals surface area contributed by atoms with Crippen molar-refractivity contribution in [1.82, 2.24) is 4.98 Å². The second kappa shape index (κ2) is 5.19. The van der Waals surface area contributed by atoms with Gasteiger partial charge in [-0.15, -0.1) is 0 Å². The Hall–Kier alpha value is -1.87. The molecule has 1 aromatic carbocycles. The number of aromatic nitrogens is 1. The summed E-state index contributed by atoms with van der Waals surface area (Å²) < 4.78 is 4.62. The number of rotatable bonds is 2. The fourth-order valence-corrected chi connectivity index (χ4v) is 1.94. The summed E-state index contributed by atoms with van der Waals surface area (Å²) in [7, 11) is 1.31. The maximum atomic E-state index is 11.4. The number of pyridine rings is 1. The number of ether oxygens (including phenoxy) is 1. The van der Waals surface area contributed by atoms with E-state index in [9.17, 15) is 4.79 Å². The Labute approximate surface area is 110 Å². The van der Waals surface area contributed by atoms with Gasteiger partial charge in [-0.25, -0.2) is 9.78 Å². The minimum atomic E-state index is -0.483. The number of halogens is 1. The monoisotopic (exact) mass is 261 g/mol. The molecule has 0 radical (unpaired) electrons. The lowest BCUT2D eigenvalue weighted by Gasteiger charge is -2.07.